The maximum atomic E-state index is 12.3. The molecule has 2 heterocycles. The minimum Gasteiger partial charge on any atom is -0.294 e. The maximum absolute atomic E-state index is 12.3. The van der Waals surface area contributed by atoms with Gasteiger partial charge in [-0.3, -0.25) is 14.5 Å². The summed E-state index contributed by atoms with van der Waals surface area (Å²) in [6, 6.07) is 11.5. The molecule has 4 heteroatoms. The van der Waals surface area contributed by atoms with Gasteiger partial charge in [0.25, 0.3) is 0 Å². The summed E-state index contributed by atoms with van der Waals surface area (Å²) in [5, 5.41) is 5.49. The minimum atomic E-state index is 0.0688. The number of ketones is 1. The average molecular weight is 265 g/mol. The van der Waals surface area contributed by atoms with Gasteiger partial charge in [-0.2, -0.15) is 5.10 Å². The second-order valence-electron chi connectivity index (χ2n) is 4.87. The van der Waals surface area contributed by atoms with Crippen LogP contribution in [0.15, 0.2) is 42.6 Å². The van der Waals surface area contributed by atoms with Crippen LogP contribution in [-0.4, -0.2) is 20.5 Å². The number of fused-ring (bicyclic) bond motifs is 1. The standard InChI is InChI=1S/C16H15N3O/c1-11-9-12(7-8-17-11)16(20)10-14-13-5-3-4-6-15(13)19(2)18-14/h3-9H,10H2,1-2H3. The van der Waals surface area contributed by atoms with Crippen LogP contribution in [0, 0.1) is 6.92 Å². The third-order valence-electron chi connectivity index (χ3n) is 3.38. The summed E-state index contributed by atoms with van der Waals surface area (Å²) in [6.45, 7) is 1.88. The molecule has 2 aromatic heterocycles. The third-order valence-corrected chi connectivity index (χ3v) is 3.38. The Kier molecular flexibility index (Phi) is 3.06. The van der Waals surface area contributed by atoms with Gasteiger partial charge >= 0.3 is 0 Å². The molecular formula is C16H15N3O. The van der Waals surface area contributed by atoms with E-state index in [1.54, 1.807) is 12.3 Å². The van der Waals surface area contributed by atoms with E-state index < -0.39 is 0 Å². The Bertz CT molecular complexity index is 789. The Hall–Kier alpha value is -2.49. The molecule has 0 bridgehead atoms. The molecule has 0 aliphatic heterocycles. The number of carbonyl (C=O) groups is 1. The number of aromatic nitrogens is 3. The minimum absolute atomic E-state index is 0.0688. The van der Waals surface area contributed by atoms with E-state index in [0.29, 0.717) is 12.0 Å². The highest BCUT2D eigenvalue weighted by Gasteiger charge is 2.13. The van der Waals surface area contributed by atoms with E-state index in [1.807, 2.05) is 49.0 Å². The number of hydrogen-bond acceptors (Lipinski definition) is 3. The molecule has 4 nitrogen and oxygen atoms in total. The van der Waals surface area contributed by atoms with E-state index in [4.69, 9.17) is 0 Å². The molecule has 3 aromatic rings. The molecule has 100 valence electrons. The van der Waals surface area contributed by atoms with Crippen molar-refractivity contribution in [1.82, 2.24) is 14.8 Å². The summed E-state index contributed by atoms with van der Waals surface area (Å²) in [7, 11) is 1.90. The largest absolute Gasteiger partial charge is 0.294 e. The van der Waals surface area contributed by atoms with Crippen molar-refractivity contribution in [2.75, 3.05) is 0 Å². The van der Waals surface area contributed by atoms with Crippen molar-refractivity contribution in [3.8, 4) is 0 Å². The van der Waals surface area contributed by atoms with E-state index in [2.05, 4.69) is 10.1 Å². The second kappa shape index (κ2) is 4.89. The van der Waals surface area contributed by atoms with Crippen molar-refractivity contribution in [2.24, 2.45) is 7.05 Å². The number of carbonyl (C=O) groups excluding carboxylic acids is 1. The Morgan fingerprint density at radius 1 is 1.25 bits per heavy atom. The van der Waals surface area contributed by atoms with E-state index in [9.17, 15) is 4.79 Å². The number of rotatable bonds is 3. The second-order valence-corrected chi connectivity index (χ2v) is 4.87. The zero-order valence-electron chi connectivity index (χ0n) is 11.5. The number of para-hydroxylation sites is 1. The zero-order chi connectivity index (χ0) is 14.1. The number of hydrogen-bond donors (Lipinski definition) is 0. The molecule has 0 amide bonds. The Balaban J connectivity index is 1.95. The van der Waals surface area contributed by atoms with Gasteiger partial charge in [0.2, 0.25) is 0 Å². The van der Waals surface area contributed by atoms with Gasteiger partial charge in [-0.05, 0) is 25.1 Å². The van der Waals surface area contributed by atoms with Crippen LogP contribution in [0.5, 0.6) is 0 Å². The molecule has 0 radical (unpaired) electrons. The molecule has 20 heavy (non-hydrogen) atoms. The molecule has 0 aliphatic carbocycles. The normalized spacial score (nSPS) is 10.9. The van der Waals surface area contributed by atoms with Crippen molar-refractivity contribution in [1.29, 1.82) is 0 Å². The summed E-state index contributed by atoms with van der Waals surface area (Å²) in [4.78, 5) is 16.5. The van der Waals surface area contributed by atoms with E-state index in [-0.39, 0.29) is 5.78 Å². The number of Topliss-reactive ketones (excluding diaryl/α,β-unsaturated/α-hetero) is 1. The number of aryl methyl sites for hydroxylation is 2. The van der Waals surface area contributed by atoms with Gasteiger partial charge in [0.1, 0.15) is 0 Å². The van der Waals surface area contributed by atoms with Crippen LogP contribution < -0.4 is 0 Å². The smallest absolute Gasteiger partial charge is 0.169 e. The highest BCUT2D eigenvalue weighted by atomic mass is 16.1. The highest BCUT2D eigenvalue weighted by Crippen LogP contribution is 2.19. The lowest BCUT2D eigenvalue weighted by Crippen LogP contribution is -2.05. The van der Waals surface area contributed by atoms with Crippen molar-refractivity contribution in [3.63, 3.8) is 0 Å². The molecule has 0 atom stereocenters. The van der Waals surface area contributed by atoms with Crippen molar-refractivity contribution >= 4 is 16.7 Å². The first-order valence-electron chi connectivity index (χ1n) is 6.51. The maximum Gasteiger partial charge on any atom is 0.169 e. The van der Waals surface area contributed by atoms with E-state index >= 15 is 0 Å². The Morgan fingerprint density at radius 2 is 2.05 bits per heavy atom. The van der Waals surface area contributed by atoms with Crippen LogP contribution in [0.4, 0.5) is 0 Å². The lowest BCUT2D eigenvalue weighted by molar-refractivity contribution is 0.0992. The van der Waals surface area contributed by atoms with Crippen LogP contribution in [0.1, 0.15) is 21.7 Å². The molecule has 0 saturated carbocycles. The molecule has 0 unspecified atom stereocenters. The fourth-order valence-corrected chi connectivity index (χ4v) is 2.39. The first-order chi connectivity index (χ1) is 9.65. The number of pyridine rings is 1. The van der Waals surface area contributed by atoms with E-state index in [1.165, 1.54) is 0 Å². The monoisotopic (exact) mass is 265 g/mol. The van der Waals surface area contributed by atoms with E-state index in [0.717, 1.165) is 22.3 Å². The summed E-state index contributed by atoms with van der Waals surface area (Å²) in [5.41, 5.74) is 3.40. The molecule has 3 rings (SSSR count). The van der Waals surface area contributed by atoms with Gasteiger partial charge in [0, 0.05) is 29.9 Å². The van der Waals surface area contributed by atoms with Crippen molar-refractivity contribution < 1.29 is 4.79 Å². The molecule has 0 aliphatic rings. The molecule has 0 N–H and O–H groups in total. The Morgan fingerprint density at radius 3 is 2.85 bits per heavy atom. The van der Waals surface area contributed by atoms with Crippen LogP contribution in [-0.2, 0) is 13.5 Å². The van der Waals surface area contributed by atoms with Gasteiger partial charge in [0.05, 0.1) is 17.6 Å². The quantitative estimate of drug-likeness (QED) is 0.684. The molecule has 1 aromatic carbocycles. The molecule has 0 saturated heterocycles. The average Bonchev–Trinajstić information content (AvgIpc) is 2.76. The summed E-state index contributed by atoms with van der Waals surface area (Å²) >= 11 is 0. The summed E-state index contributed by atoms with van der Waals surface area (Å²) in [6.07, 6.45) is 1.98. The lowest BCUT2D eigenvalue weighted by Gasteiger charge is -2.00. The number of nitrogens with zero attached hydrogens (tertiary/aromatic N) is 3. The fraction of sp³-hybridized carbons (Fsp3) is 0.188. The molecular weight excluding hydrogens is 250 g/mol. The van der Waals surface area contributed by atoms with Crippen LogP contribution in [0.25, 0.3) is 10.9 Å². The highest BCUT2D eigenvalue weighted by molar-refractivity contribution is 5.99. The Labute approximate surface area is 117 Å². The van der Waals surface area contributed by atoms with Gasteiger partial charge in [0.15, 0.2) is 5.78 Å². The van der Waals surface area contributed by atoms with Gasteiger partial charge < -0.3 is 0 Å². The van der Waals surface area contributed by atoms with Crippen molar-refractivity contribution in [3.05, 3.63) is 59.5 Å². The van der Waals surface area contributed by atoms with Crippen molar-refractivity contribution in [2.45, 2.75) is 13.3 Å². The van der Waals surface area contributed by atoms with Crippen LogP contribution in [0.2, 0.25) is 0 Å². The third kappa shape index (κ3) is 2.20. The zero-order valence-corrected chi connectivity index (χ0v) is 11.5. The number of benzene rings is 1. The SMILES string of the molecule is Cc1cc(C(=O)Cc2nn(C)c3ccccc23)ccn1. The summed E-state index contributed by atoms with van der Waals surface area (Å²) in [5.74, 6) is 0.0688. The van der Waals surface area contributed by atoms with Crippen LogP contribution >= 0.6 is 0 Å². The molecule has 0 spiro atoms. The summed E-state index contributed by atoms with van der Waals surface area (Å²) < 4.78 is 1.82. The first-order valence-corrected chi connectivity index (χ1v) is 6.51. The van der Waals surface area contributed by atoms with Gasteiger partial charge in [-0.1, -0.05) is 18.2 Å². The van der Waals surface area contributed by atoms with Crippen LogP contribution in [0.3, 0.4) is 0 Å². The van der Waals surface area contributed by atoms with Gasteiger partial charge in [-0.25, -0.2) is 0 Å². The predicted octanol–water partition coefficient (Wildman–Crippen LogP) is 2.70. The van der Waals surface area contributed by atoms with Gasteiger partial charge in [-0.15, -0.1) is 0 Å². The predicted molar refractivity (Wildman–Crippen MR) is 77.7 cm³/mol. The topological polar surface area (TPSA) is 47.8 Å². The molecule has 0 fully saturated rings. The lowest BCUT2D eigenvalue weighted by atomic mass is 10.1. The first kappa shape index (κ1) is 12.5. The fourth-order valence-electron chi connectivity index (χ4n) is 2.39.